The van der Waals surface area contributed by atoms with Crippen LogP contribution in [0.15, 0.2) is 12.2 Å². The summed E-state index contributed by atoms with van der Waals surface area (Å²) >= 11 is 0. The smallest absolute Gasteiger partial charge is 0.462 e. The van der Waals surface area contributed by atoms with Crippen LogP contribution in [0.2, 0.25) is 0 Å². The van der Waals surface area contributed by atoms with Gasteiger partial charge in [0.25, 0.3) is 0 Å². The number of hydrogen-bond donors (Lipinski definition) is 1. The number of unbranched alkanes of at least 4 members (excludes halogenated alkanes) is 17. The highest BCUT2D eigenvalue weighted by Gasteiger charge is 2.27. The van der Waals surface area contributed by atoms with E-state index in [1.807, 2.05) is 21.1 Å². The third kappa shape index (κ3) is 32.7. The normalized spacial score (nSPS) is 14.0. The van der Waals surface area contributed by atoms with Crippen molar-refractivity contribution in [2.45, 2.75) is 161 Å². The SMILES string of the molecule is CCCCCCCC/C=C\CCCCCCCC(=O)O[C@@H](COC(=O)CCCCCCCCC)COP(=O)(O)OCC[N+](C)(C)C. The molecule has 2 atom stereocenters. The molecule has 0 aliphatic rings. The molecule has 0 bridgehead atoms. The van der Waals surface area contributed by atoms with Gasteiger partial charge in [-0.3, -0.25) is 18.6 Å². The molecule has 0 aromatic heterocycles. The number of phosphoric acid groups is 1. The van der Waals surface area contributed by atoms with E-state index in [1.165, 1.54) is 70.6 Å². The first-order chi connectivity index (χ1) is 22.0. The molecular formula is C36H71NO8P+. The molecule has 0 aliphatic heterocycles. The van der Waals surface area contributed by atoms with Crippen molar-refractivity contribution < 1.29 is 42.1 Å². The van der Waals surface area contributed by atoms with Gasteiger partial charge in [-0.05, 0) is 38.5 Å². The van der Waals surface area contributed by atoms with Crippen LogP contribution < -0.4 is 0 Å². The number of quaternary nitrogens is 1. The summed E-state index contributed by atoms with van der Waals surface area (Å²) in [7, 11) is 1.47. The third-order valence-corrected chi connectivity index (χ3v) is 8.78. The molecule has 0 spiro atoms. The Labute approximate surface area is 282 Å². The lowest BCUT2D eigenvalue weighted by atomic mass is 10.1. The van der Waals surface area contributed by atoms with Gasteiger partial charge in [-0.1, -0.05) is 116 Å². The fraction of sp³-hybridized carbons (Fsp3) is 0.889. The first-order valence-electron chi connectivity index (χ1n) is 18.4. The summed E-state index contributed by atoms with van der Waals surface area (Å²) in [4.78, 5) is 35.0. The van der Waals surface area contributed by atoms with E-state index in [4.69, 9.17) is 18.5 Å². The topological polar surface area (TPSA) is 108 Å². The van der Waals surface area contributed by atoms with Gasteiger partial charge < -0.3 is 18.9 Å². The minimum Gasteiger partial charge on any atom is -0.462 e. The Hall–Kier alpha value is -1.25. The van der Waals surface area contributed by atoms with E-state index in [2.05, 4.69) is 26.0 Å². The van der Waals surface area contributed by atoms with Crippen LogP contribution in [-0.2, 0) is 32.7 Å². The minimum atomic E-state index is -4.36. The number of allylic oxidation sites excluding steroid dienone is 2. The summed E-state index contributed by atoms with van der Waals surface area (Å²) in [5, 5.41) is 0. The summed E-state index contributed by atoms with van der Waals surface area (Å²) in [5.74, 6) is -0.814. The standard InChI is InChI=1S/C36H70NO8P/c1-6-8-10-12-14-15-16-17-18-19-20-21-23-25-27-29-36(39)45-34(33-44-46(40,41)43-31-30-37(3,4)5)32-42-35(38)28-26-24-22-13-11-9-7-2/h17-18,34H,6-16,19-33H2,1-5H3/p+1/b18-17-/t34-/m0/s1. The second-order valence-corrected chi connectivity index (χ2v) is 15.1. The van der Waals surface area contributed by atoms with Crippen LogP contribution in [0, 0.1) is 0 Å². The lowest BCUT2D eigenvalue weighted by Crippen LogP contribution is -2.37. The van der Waals surface area contributed by atoms with Gasteiger partial charge in [-0.25, -0.2) is 4.57 Å². The Morgan fingerprint density at radius 2 is 1.11 bits per heavy atom. The fourth-order valence-electron chi connectivity index (χ4n) is 4.83. The zero-order valence-electron chi connectivity index (χ0n) is 30.3. The van der Waals surface area contributed by atoms with Crippen LogP contribution in [0.3, 0.4) is 0 Å². The zero-order valence-corrected chi connectivity index (χ0v) is 31.2. The number of phosphoric ester groups is 1. The predicted octanol–water partition coefficient (Wildman–Crippen LogP) is 9.46. The van der Waals surface area contributed by atoms with Crippen molar-refractivity contribution in [3.63, 3.8) is 0 Å². The highest BCUT2D eigenvalue weighted by Crippen LogP contribution is 2.43. The molecule has 1 N–H and O–H groups in total. The average molecular weight is 677 g/mol. The molecule has 0 amide bonds. The summed E-state index contributed by atoms with van der Waals surface area (Å²) in [5.41, 5.74) is 0. The van der Waals surface area contributed by atoms with Crippen LogP contribution in [0.5, 0.6) is 0 Å². The number of nitrogens with zero attached hydrogens (tertiary/aromatic N) is 1. The largest absolute Gasteiger partial charge is 0.472 e. The number of carbonyl (C=O) groups is 2. The van der Waals surface area contributed by atoms with Crippen LogP contribution in [0.1, 0.15) is 155 Å². The monoisotopic (exact) mass is 676 g/mol. The van der Waals surface area contributed by atoms with Crippen LogP contribution in [-0.4, -0.2) is 74.9 Å². The number of carbonyl (C=O) groups excluding carboxylic acids is 2. The van der Waals surface area contributed by atoms with E-state index < -0.39 is 26.5 Å². The lowest BCUT2D eigenvalue weighted by Gasteiger charge is -2.24. The first-order valence-corrected chi connectivity index (χ1v) is 19.9. The van der Waals surface area contributed by atoms with Crippen molar-refractivity contribution in [3.8, 4) is 0 Å². The summed E-state index contributed by atoms with van der Waals surface area (Å²) in [6.45, 7) is 4.34. The minimum absolute atomic E-state index is 0.0324. The fourth-order valence-corrected chi connectivity index (χ4v) is 5.57. The third-order valence-electron chi connectivity index (χ3n) is 7.80. The van der Waals surface area contributed by atoms with E-state index in [0.717, 1.165) is 51.4 Å². The van der Waals surface area contributed by atoms with Gasteiger partial charge in [0.2, 0.25) is 0 Å². The molecule has 0 heterocycles. The lowest BCUT2D eigenvalue weighted by molar-refractivity contribution is -0.870. The van der Waals surface area contributed by atoms with Gasteiger partial charge in [0.1, 0.15) is 19.8 Å². The number of hydrogen-bond acceptors (Lipinski definition) is 7. The van der Waals surface area contributed by atoms with Gasteiger partial charge >= 0.3 is 19.8 Å². The van der Waals surface area contributed by atoms with Crippen LogP contribution in [0.4, 0.5) is 0 Å². The van der Waals surface area contributed by atoms with Crippen LogP contribution in [0.25, 0.3) is 0 Å². The van der Waals surface area contributed by atoms with E-state index >= 15 is 0 Å². The summed E-state index contributed by atoms with van der Waals surface area (Å²) in [6.07, 6.45) is 27.0. The van der Waals surface area contributed by atoms with E-state index in [0.29, 0.717) is 17.4 Å². The zero-order chi connectivity index (χ0) is 34.4. The molecule has 0 aliphatic carbocycles. The van der Waals surface area contributed by atoms with Crippen molar-refractivity contribution in [1.29, 1.82) is 0 Å². The maximum atomic E-state index is 12.6. The van der Waals surface area contributed by atoms with Gasteiger partial charge in [0.05, 0.1) is 27.7 Å². The van der Waals surface area contributed by atoms with Gasteiger partial charge in [0.15, 0.2) is 6.10 Å². The molecule has 9 nitrogen and oxygen atoms in total. The molecule has 0 saturated heterocycles. The van der Waals surface area contributed by atoms with Crippen molar-refractivity contribution in [3.05, 3.63) is 12.2 Å². The number of esters is 2. The molecule has 1 unspecified atom stereocenters. The second kappa shape index (κ2) is 29.9. The Kier molecular flexibility index (Phi) is 29.0. The van der Waals surface area contributed by atoms with Crippen molar-refractivity contribution in [2.75, 3.05) is 47.5 Å². The predicted molar refractivity (Wildman–Crippen MR) is 188 cm³/mol. The van der Waals surface area contributed by atoms with Gasteiger partial charge in [-0.2, -0.15) is 0 Å². The molecule has 0 aromatic carbocycles. The maximum Gasteiger partial charge on any atom is 0.472 e. The number of rotatable bonds is 33. The molecule has 0 rings (SSSR count). The van der Waals surface area contributed by atoms with Gasteiger partial charge in [0, 0.05) is 12.8 Å². The molecule has 0 radical (unpaired) electrons. The van der Waals surface area contributed by atoms with Crippen LogP contribution >= 0.6 is 7.82 Å². The summed E-state index contributed by atoms with van der Waals surface area (Å²) in [6, 6.07) is 0. The number of likely N-dealkylation sites (N-methyl/N-ethyl adjacent to an activating group) is 1. The van der Waals surface area contributed by atoms with Crippen molar-refractivity contribution in [1.82, 2.24) is 0 Å². The Balaban J connectivity index is 4.41. The maximum absolute atomic E-state index is 12.6. The van der Waals surface area contributed by atoms with E-state index in [1.54, 1.807) is 0 Å². The Bertz CT molecular complexity index is 814. The molecule has 0 saturated carbocycles. The number of ether oxygens (including phenoxy) is 2. The molecule has 0 fully saturated rings. The van der Waals surface area contributed by atoms with Crippen molar-refractivity contribution in [2.24, 2.45) is 0 Å². The molecule has 272 valence electrons. The Morgan fingerprint density at radius 3 is 1.61 bits per heavy atom. The highest BCUT2D eigenvalue weighted by molar-refractivity contribution is 7.47. The molecular weight excluding hydrogens is 605 g/mol. The summed E-state index contributed by atoms with van der Waals surface area (Å²) < 4.78 is 34.0. The Morgan fingerprint density at radius 1 is 0.652 bits per heavy atom. The van der Waals surface area contributed by atoms with E-state index in [-0.39, 0.29) is 32.0 Å². The average Bonchev–Trinajstić information content (AvgIpc) is 2.99. The molecule has 46 heavy (non-hydrogen) atoms. The molecule has 10 heteroatoms. The first kappa shape index (κ1) is 44.8. The van der Waals surface area contributed by atoms with Crippen molar-refractivity contribution >= 4 is 19.8 Å². The van der Waals surface area contributed by atoms with E-state index in [9.17, 15) is 19.0 Å². The molecule has 0 aromatic rings. The van der Waals surface area contributed by atoms with Gasteiger partial charge in [-0.15, -0.1) is 0 Å². The second-order valence-electron chi connectivity index (χ2n) is 13.6. The highest BCUT2D eigenvalue weighted by atomic mass is 31.2. The quantitative estimate of drug-likeness (QED) is 0.0241.